The normalized spacial score (nSPS) is 22.4. The second kappa shape index (κ2) is 8.36. The van der Waals surface area contributed by atoms with Gasteiger partial charge in [-0.3, -0.25) is 4.79 Å². The van der Waals surface area contributed by atoms with E-state index in [1.165, 1.54) is 18.9 Å². The minimum absolute atomic E-state index is 0.139. The van der Waals surface area contributed by atoms with Crippen molar-refractivity contribution < 1.29 is 14.3 Å². The summed E-state index contributed by atoms with van der Waals surface area (Å²) in [6, 6.07) is 1.69. The van der Waals surface area contributed by atoms with Gasteiger partial charge in [-0.1, -0.05) is 18.7 Å². The number of methoxy groups -OCH3 is 1. The molecule has 1 atom stereocenters. The molecule has 1 amide bonds. The topological polar surface area (TPSA) is 62.2 Å². The van der Waals surface area contributed by atoms with Crippen LogP contribution in [0.1, 0.15) is 44.7 Å². The van der Waals surface area contributed by atoms with Gasteiger partial charge in [0.15, 0.2) is 5.17 Å². The molecule has 29 heavy (non-hydrogen) atoms. The molecule has 1 saturated heterocycles. The minimum Gasteiger partial charge on any atom is -0.466 e. The molecule has 1 aromatic heterocycles. The Kier molecular flexibility index (Phi) is 5.83. The number of allylic oxidation sites excluding steroid dienone is 1. The molecule has 0 aliphatic carbocycles. The van der Waals surface area contributed by atoms with Crippen molar-refractivity contribution >= 4 is 40.1 Å². The number of carbonyl (C=O) groups excluding carboxylic acids is 2. The Labute approximate surface area is 179 Å². The zero-order chi connectivity index (χ0) is 20.5. The van der Waals surface area contributed by atoms with Crippen molar-refractivity contribution in [1.29, 1.82) is 0 Å². The Hall–Kier alpha value is -2.06. The van der Waals surface area contributed by atoms with Gasteiger partial charge in [-0.2, -0.15) is 11.3 Å². The highest BCUT2D eigenvalue weighted by Crippen LogP contribution is 2.45. The Bertz CT molecular complexity index is 896. The minimum atomic E-state index is -0.380. The van der Waals surface area contributed by atoms with E-state index in [0.29, 0.717) is 23.6 Å². The molecule has 3 aliphatic heterocycles. The molecule has 0 aromatic carbocycles. The summed E-state index contributed by atoms with van der Waals surface area (Å²) >= 11 is 3.10. The molecule has 0 radical (unpaired) electrons. The highest BCUT2D eigenvalue weighted by molar-refractivity contribution is 8.16. The average Bonchev–Trinajstić information content (AvgIpc) is 3.37. The summed E-state index contributed by atoms with van der Waals surface area (Å²) in [6.07, 6.45) is 2.43. The van der Waals surface area contributed by atoms with Gasteiger partial charge in [0.25, 0.3) is 0 Å². The third-order valence-electron chi connectivity index (χ3n) is 5.73. The first-order valence-electron chi connectivity index (χ1n) is 9.82. The quantitative estimate of drug-likeness (QED) is 0.671. The maximum absolute atomic E-state index is 13.0. The van der Waals surface area contributed by atoms with Crippen LogP contribution in [0.25, 0.3) is 0 Å². The van der Waals surface area contributed by atoms with Crippen LogP contribution in [0, 0.1) is 5.92 Å². The monoisotopic (exact) mass is 431 g/mol. The SMILES string of the molecule is COC(=O)C1=C(C)N=C2SC=C(CC(=O)N3CCC(C)CC3)N2C1c1ccsc1. The number of thioether (sulfide) groups is 1. The number of ether oxygens (including phenoxy) is 1. The van der Waals surface area contributed by atoms with E-state index in [1.807, 2.05) is 39.0 Å². The first-order chi connectivity index (χ1) is 14.0. The Morgan fingerprint density at radius 2 is 2.07 bits per heavy atom. The lowest BCUT2D eigenvalue weighted by molar-refractivity contribution is -0.136. The third-order valence-corrected chi connectivity index (χ3v) is 7.32. The van der Waals surface area contributed by atoms with Gasteiger partial charge < -0.3 is 14.5 Å². The number of rotatable bonds is 4. The van der Waals surface area contributed by atoms with Crippen molar-refractivity contribution in [3.8, 4) is 0 Å². The maximum Gasteiger partial charge on any atom is 0.338 e. The molecular formula is C21H25N3O3S2. The van der Waals surface area contributed by atoms with E-state index >= 15 is 0 Å². The molecule has 4 heterocycles. The number of carbonyl (C=O) groups is 2. The van der Waals surface area contributed by atoms with Gasteiger partial charge in [0.05, 0.1) is 30.8 Å². The van der Waals surface area contributed by atoms with Gasteiger partial charge in [-0.25, -0.2) is 9.79 Å². The number of aliphatic imine (C=N–C) groups is 1. The molecule has 154 valence electrons. The lowest BCUT2D eigenvalue weighted by atomic mass is 9.95. The largest absolute Gasteiger partial charge is 0.466 e. The summed E-state index contributed by atoms with van der Waals surface area (Å²) in [5.74, 6) is 0.439. The molecule has 1 unspecified atom stereocenters. The van der Waals surface area contributed by atoms with Gasteiger partial charge in [-0.15, -0.1) is 0 Å². The summed E-state index contributed by atoms with van der Waals surface area (Å²) in [4.78, 5) is 34.2. The van der Waals surface area contributed by atoms with E-state index in [2.05, 4.69) is 11.9 Å². The molecule has 0 N–H and O–H groups in total. The van der Waals surface area contributed by atoms with Crippen LogP contribution in [0.4, 0.5) is 0 Å². The van der Waals surface area contributed by atoms with Crippen LogP contribution in [0.5, 0.6) is 0 Å². The summed E-state index contributed by atoms with van der Waals surface area (Å²) < 4.78 is 5.07. The number of amidine groups is 1. The first-order valence-corrected chi connectivity index (χ1v) is 11.6. The summed E-state index contributed by atoms with van der Waals surface area (Å²) in [7, 11) is 1.39. The lowest BCUT2D eigenvalue weighted by Crippen LogP contribution is -2.40. The molecule has 4 rings (SSSR count). The van der Waals surface area contributed by atoms with Crippen molar-refractivity contribution in [3.63, 3.8) is 0 Å². The van der Waals surface area contributed by atoms with E-state index in [0.717, 1.165) is 42.4 Å². The van der Waals surface area contributed by atoms with Gasteiger partial charge in [0, 0.05) is 18.8 Å². The van der Waals surface area contributed by atoms with Crippen molar-refractivity contribution in [1.82, 2.24) is 9.80 Å². The van der Waals surface area contributed by atoms with Gasteiger partial charge in [0.2, 0.25) is 5.91 Å². The molecule has 1 fully saturated rings. The second-order valence-electron chi connectivity index (χ2n) is 7.68. The standard InChI is InChI=1S/C21H25N3O3S2/c1-13-4-7-23(8-5-13)17(25)10-16-12-29-21-22-14(2)18(20(26)27-3)19(24(16)21)15-6-9-28-11-15/h6,9,11-13,19H,4-5,7-8,10H2,1-3H3. The van der Waals surface area contributed by atoms with Crippen molar-refractivity contribution in [2.45, 2.75) is 39.2 Å². The van der Waals surface area contributed by atoms with E-state index in [1.54, 1.807) is 11.3 Å². The van der Waals surface area contributed by atoms with Crippen LogP contribution in [-0.4, -0.2) is 47.0 Å². The Balaban J connectivity index is 1.62. The number of amides is 1. The number of likely N-dealkylation sites (tertiary alicyclic amines) is 1. The van der Waals surface area contributed by atoms with Crippen molar-refractivity contribution in [3.05, 3.63) is 44.8 Å². The fraction of sp³-hybridized carbons (Fsp3) is 0.476. The zero-order valence-electron chi connectivity index (χ0n) is 16.9. The molecule has 1 aromatic rings. The molecule has 0 saturated carbocycles. The van der Waals surface area contributed by atoms with Crippen molar-refractivity contribution in [2.75, 3.05) is 20.2 Å². The number of hydrogen-bond donors (Lipinski definition) is 0. The molecule has 8 heteroatoms. The Morgan fingerprint density at radius 1 is 1.31 bits per heavy atom. The molecule has 0 bridgehead atoms. The average molecular weight is 432 g/mol. The van der Waals surface area contributed by atoms with Crippen LogP contribution in [0.15, 0.2) is 44.2 Å². The number of hydrogen-bond acceptors (Lipinski definition) is 7. The van der Waals surface area contributed by atoms with Crippen LogP contribution < -0.4 is 0 Å². The molecule has 0 spiro atoms. The Morgan fingerprint density at radius 3 is 2.72 bits per heavy atom. The summed E-state index contributed by atoms with van der Waals surface area (Å²) in [5.41, 5.74) is 3.09. The van der Waals surface area contributed by atoms with Gasteiger partial charge in [-0.05, 0) is 53.5 Å². The van der Waals surface area contributed by atoms with Gasteiger partial charge >= 0.3 is 5.97 Å². The highest BCUT2D eigenvalue weighted by Gasteiger charge is 2.41. The predicted molar refractivity (Wildman–Crippen MR) is 116 cm³/mol. The number of esters is 1. The second-order valence-corrected chi connectivity index (χ2v) is 9.30. The summed E-state index contributed by atoms with van der Waals surface area (Å²) in [6.45, 7) is 5.72. The van der Waals surface area contributed by atoms with Crippen LogP contribution >= 0.6 is 23.1 Å². The summed E-state index contributed by atoms with van der Waals surface area (Å²) in [5, 5.41) is 6.84. The maximum atomic E-state index is 13.0. The molecule has 3 aliphatic rings. The third kappa shape index (κ3) is 3.88. The van der Waals surface area contributed by atoms with E-state index in [4.69, 9.17) is 4.74 Å². The fourth-order valence-corrected chi connectivity index (χ4v) is 5.65. The number of nitrogens with zero attached hydrogens (tertiary/aromatic N) is 3. The lowest BCUT2D eigenvalue weighted by Gasteiger charge is -2.36. The first kappa shape index (κ1) is 20.2. The van der Waals surface area contributed by atoms with E-state index < -0.39 is 0 Å². The van der Waals surface area contributed by atoms with Crippen LogP contribution in [0.3, 0.4) is 0 Å². The van der Waals surface area contributed by atoms with E-state index in [-0.39, 0.29) is 17.9 Å². The molecular weight excluding hydrogens is 406 g/mol. The number of fused-ring (bicyclic) bond motifs is 1. The van der Waals surface area contributed by atoms with Crippen LogP contribution in [0.2, 0.25) is 0 Å². The number of piperidine rings is 1. The fourth-order valence-electron chi connectivity index (χ4n) is 4.01. The smallest absolute Gasteiger partial charge is 0.338 e. The van der Waals surface area contributed by atoms with Crippen molar-refractivity contribution in [2.24, 2.45) is 10.9 Å². The number of thiophene rings is 1. The zero-order valence-corrected chi connectivity index (χ0v) is 18.5. The predicted octanol–water partition coefficient (Wildman–Crippen LogP) is 4.14. The van der Waals surface area contributed by atoms with Crippen LogP contribution in [-0.2, 0) is 14.3 Å². The van der Waals surface area contributed by atoms with Gasteiger partial charge in [0.1, 0.15) is 0 Å². The van der Waals surface area contributed by atoms with E-state index in [9.17, 15) is 9.59 Å². The molecule has 6 nitrogen and oxygen atoms in total. The highest BCUT2D eigenvalue weighted by atomic mass is 32.2.